The Kier molecular flexibility index (Phi) is 13.1. The van der Waals surface area contributed by atoms with Gasteiger partial charge in [0.15, 0.2) is 0 Å². The molecule has 0 amide bonds. The van der Waals surface area contributed by atoms with Crippen LogP contribution in [0.5, 0.6) is 11.5 Å². The van der Waals surface area contributed by atoms with Crippen LogP contribution < -0.4 is 0 Å². The fraction of sp³-hybridized carbons (Fsp3) is 0.263. The van der Waals surface area contributed by atoms with Crippen LogP contribution in [-0.2, 0) is 22.4 Å². The SMILES string of the molecule is CN1CCc2cc(Cl)c(O)cc2C(c2ccccc2)C1.CN1CCc2cc(Cl)c(O)cc2C(c2ccccc2)C1.O=C(O)/C=C\C(=O)O. The number of hydrogen-bond acceptors (Lipinski definition) is 6. The van der Waals surface area contributed by atoms with Gasteiger partial charge in [0.05, 0.1) is 10.0 Å². The predicted molar refractivity (Wildman–Crippen MR) is 190 cm³/mol. The molecule has 0 aromatic heterocycles. The molecule has 4 N–H and O–H groups in total. The third-order valence-electron chi connectivity index (χ3n) is 8.45. The molecule has 4 aromatic rings. The number of benzene rings is 4. The number of rotatable bonds is 4. The molecular weight excluding hydrogens is 651 g/mol. The number of carboxylic acids is 2. The first-order chi connectivity index (χ1) is 22.9. The van der Waals surface area contributed by atoms with E-state index < -0.39 is 11.9 Å². The Bertz CT molecular complexity index is 1610. The van der Waals surface area contributed by atoms with Gasteiger partial charge in [-0.2, -0.15) is 0 Å². The maximum absolute atomic E-state index is 9.95. The second kappa shape index (κ2) is 17.2. The zero-order valence-corrected chi connectivity index (χ0v) is 28.4. The highest BCUT2D eigenvalue weighted by Gasteiger charge is 2.25. The van der Waals surface area contributed by atoms with Crippen molar-refractivity contribution in [2.75, 3.05) is 40.3 Å². The van der Waals surface area contributed by atoms with E-state index in [1.165, 1.54) is 33.4 Å². The first kappa shape index (κ1) is 36.5. The largest absolute Gasteiger partial charge is 0.506 e. The third-order valence-corrected chi connectivity index (χ3v) is 9.06. The Morgan fingerprint density at radius 1 is 0.646 bits per heavy atom. The molecule has 2 atom stereocenters. The molecule has 48 heavy (non-hydrogen) atoms. The molecule has 0 saturated carbocycles. The van der Waals surface area contributed by atoms with Crippen molar-refractivity contribution in [1.29, 1.82) is 0 Å². The van der Waals surface area contributed by atoms with Gasteiger partial charge in [0.1, 0.15) is 11.5 Å². The smallest absolute Gasteiger partial charge is 0.328 e. The fourth-order valence-electron chi connectivity index (χ4n) is 6.03. The molecule has 10 heteroatoms. The van der Waals surface area contributed by atoms with Gasteiger partial charge in [0, 0.05) is 50.2 Å². The highest BCUT2D eigenvalue weighted by Crippen LogP contribution is 2.38. The standard InChI is InChI=1S/2C17H18ClNO.C4H4O4/c2*1-19-8-7-13-9-16(18)17(20)10-14(13)15(11-19)12-5-3-2-4-6-12;5-3(6)1-2-4(7)8/h2*2-6,9-10,15,20H,7-8,11H2,1H3;1-2H,(H,5,6)(H,7,8)/b;;2-1-. The molecular formula is C38H40Cl2N2O6. The first-order valence-corrected chi connectivity index (χ1v) is 16.3. The van der Waals surface area contributed by atoms with E-state index in [0.717, 1.165) is 39.0 Å². The van der Waals surface area contributed by atoms with Crippen molar-refractivity contribution in [1.82, 2.24) is 9.80 Å². The number of phenolic OH excluding ortho intramolecular Hbond substituents is 2. The number of nitrogens with zero attached hydrogens (tertiary/aromatic N) is 2. The minimum Gasteiger partial charge on any atom is -0.506 e. The second-order valence-corrected chi connectivity index (χ2v) is 12.8. The zero-order chi connectivity index (χ0) is 34.8. The maximum atomic E-state index is 9.95. The van der Waals surface area contributed by atoms with Crippen molar-refractivity contribution < 1.29 is 30.0 Å². The van der Waals surface area contributed by atoms with Gasteiger partial charge in [-0.25, -0.2) is 9.59 Å². The van der Waals surface area contributed by atoms with E-state index in [9.17, 15) is 19.8 Å². The van der Waals surface area contributed by atoms with Crippen LogP contribution in [0, 0.1) is 0 Å². The van der Waals surface area contributed by atoms with Crippen LogP contribution in [0.4, 0.5) is 0 Å². The van der Waals surface area contributed by atoms with Gasteiger partial charge in [0.2, 0.25) is 0 Å². The summed E-state index contributed by atoms with van der Waals surface area (Å²) in [5.41, 5.74) is 7.44. The quantitative estimate of drug-likeness (QED) is 0.168. The molecule has 0 bridgehead atoms. The Morgan fingerprint density at radius 2 is 1.00 bits per heavy atom. The molecule has 4 aromatic carbocycles. The van der Waals surface area contributed by atoms with E-state index in [-0.39, 0.29) is 23.3 Å². The molecule has 0 saturated heterocycles. The number of aromatic hydroxyl groups is 2. The summed E-state index contributed by atoms with van der Waals surface area (Å²) in [6.07, 6.45) is 3.05. The summed E-state index contributed by atoms with van der Waals surface area (Å²) in [5.74, 6) is -1.60. The Hall–Kier alpha value is -4.34. The minimum absolute atomic E-state index is 0.177. The number of hydrogen-bond donors (Lipinski definition) is 4. The van der Waals surface area contributed by atoms with E-state index in [1.54, 1.807) is 0 Å². The molecule has 252 valence electrons. The van der Waals surface area contributed by atoms with Gasteiger partial charge in [0.25, 0.3) is 0 Å². The molecule has 0 aliphatic carbocycles. The van der Waals surface area contributed by atoms with Crippen molar-refractivity contribution in [3.63, 3.8) is 0 Å². The van der Waals surface area contributed by atoms with E-state index in [1.807, 2.05) is 36.4 Å². The molecule has 2 aliphatic rings. The van der Waals surface area contributed by atoms with Crippen molar-refractivity contribution in [2.45, 2.75) is 24.7 Å². The van der Waals surface area contributed by atoms with Gasteiger partial charge in [-0.05, 0) is 84.6 Å². The number of aliphatic carboxylic acids is 2. The summed E-state index contributed by atoms with van der Waals surface area (Å²) in [5, 5.41) is 36.4. The van der Waals surface area contributed by atoms with Crippen LogP contribution in [-0.4, -0.2) is 82.4 Å². The summed E-state index contributed by atoms with van der Waals surface area (Å²) < 4.78 is 0. The van der Waals surface area contributed by atoms with E-state index in [0.29, 0.717) is 22.2 Å². The lowest BCUT2D eigenvalue weighted by atomic mass is 9.88. The lowest BCUT2D eigenvalue weighted by molar-refractivity contribution is -0.134. The van der Waals surface area contributed by atoms with Gasteiger partial charge in [-0.1, -0.05) is 83.9 Å². The van der Waals surface area contributed by atoms with Crippen molar-refractivity contribution in [2.24, 2.45) is 0 Å². The van der Waals surface area contributed by atoms with Crippen LogP contribution >= 0.6 is 23.2 Å². The molecule has 0 radical (unpaired) electrons. The van der Waals surface area contributed by atoms with Crippen LogP contribution in [0.15, 0.2) is 97.1 Å². The number of carbonyl (C=O) groups is 2. The van der Waals surface area contributed by atoms with Crippen LogP contribution in [0.3, 0.4) is 0 Å². The number of carboxylic acid groups (broad SMARTS) is 2. The predicted octanol–water partition coefficient (Wildman–Crippen LogP) is 7.04. The molecule has 2 unspecified atom stereocenters. The Balaban J connectivity index is 0.000000178. The number of phenols is 2. The normalized spacial score (nSPS) is 17.8. The van der Waals surface area contributed by atoms with Crippen LogP contribution in [0.2, 0.25) is 10.0 Å². The summed E-state index contributed by atoms with van der Waals surface area (Å²) in [4.78, 5) is 23.8. The fourth-order valence-corrected chi connectivity index (χ4v) is 6.40. The van der Waals surface area contributed by atoms with Crippen molar-refractivity contribution >= 4 is 35.1 Å². The monoisotopic (exact) mass is 690 g/mol. The number of fused-ring (bicyclic) bond motifs is 2. The zero-order valence-electron chi connectivity index (χ0n) is 26.9. The van der Waals surface area contributed by atoms with Gasteiger partial charge < -0.3 is 30.2 Å². The van der Waals surface area contributed by atoms with Gasteiger partial charge >= 0.3 is 11.9 Å². The maximum Gasteiger partial charge on any atom is 0.328 e. The Labute approximate surface area is 291 Å². The van der Waals surface area contributed by atoms with E-state index >= 15 is 0 Å². The number of halogens is 2. The summed E-state index contributed by atoms with van der Waals surface area (Å²) >= 11 is 12.1. The lowest BCUT2D eigenvalue weighted by Crippen LogP contribution is -2.24. The highest BCUT2D eigenvalue weighted by atomic mass is 35.5. The van der Waals surface area contributed by atoms with Gasteiger partial charge in [-0.3, -0.25) is 0 Å². The van der Waals surface area contributed by atoms with Crippen LogP contribution in [0.1, 0.15) is 45.2 Å². The molecule has 0 spiro atoms. The summed E-state index contributed by atoms with van der Waals surface area (Å²) in [7, 11) is 4.28. The lowest BCUT2D eigenvalue weighted by Gasteiger charge is -2.22. The Morgan fingerprint density at radius 3 is 1.33 bits per heavy atom. The highest BCUT2D eigenvalue weighted by molar-refractivity contribution is 6.32. The second-order valence-electron chi connectivity index (χ2n) is 12.0. The molecule has 6 rings (SSSR count). The van der Waals surface area contributed by atoms with Crippen LogP contribution in [0.25, 0.3) is 0 Å². The molecule has 2 heterocycles. The topological polar surface area (TPSA) is 122 Å². The first-order valence-electron chi connectivity index (χ1n) is 15.6. The van der Waals surface area contributed by atoms with E-state index in [2.05, 4.69) is 72.4 Å². The molecule has 8 nitrogen and oxygen atoms in total. The van der Waals surface area contributed by atoms with Gasteiger partial charge in [-0.15, -0.1) is 0 Å². The molecule has 2 aliphatic heterocycles. The average Bonchev–Trinajstić information content (AvgIpc) is 3.33. The summed E-state index contributed by atoms with van der Waals surface area (Å²) in [6, 6.07) is 28.5. The third kappa shape index (κ3) is 10.1. The average molecular weight is 692 g/mol. The van der Waals surface area contributed by atoms with Crippen molar-refractivity contribution in [3.8, 4) is 11.5 Å². The number of likely N-dealkylation sites (N-methyl/N-ethyl adjacent to an activating group) is 2. The summed E-state index contributed by atoms with van der Waals surface area (Å²) in [6.45, 7) is 3.94. The molecule has 0 fully saturated rings. The van der Waals surface area contributed by atoms with E-state index in [4.69, 9.17) is 33.4 Å². The van der Waals surface area contributed by atoms with Crippen molar-refractivity contribution in [3.05, 3.63) is 141 Å². The minimum atomic E-state index is -1.26.